The average molecular weight is 670 g/mol. The van der Waals surface area contributed by atoms with Crippen molar-refractivity contribution in [1.29, 1.82) is 0 Å². The van der Waals surface area contributed by atoms with Gasteiger partial charge in [0.1, 0.15) is 0 Å². The van der Waals surface area contributed by atoms with Crippen LogP contribution in [0.3, 0.4) is 0 Å². The molecule has 1 aliphatic rings. The highest BCUT2D eigenvalue weighted by Gasteiger charge is 2.35. The van der Waals surface area contributed by atoms with Crippen molar-refractivity contribution in [2.24, 2.45) is 0 Å². The molecule has 0 amide bonds. The lowest BCUT2D eigenvalue weighted by molar-refractivity contribution is 0.660. The Bertz CT molecular complexity index is 3060. The van der Waals surface area contributed by atoms with Crippen molar-refractivity contribution in [3.63, 3.8) is 0 Å². The van der Waals surface area contributed by atoms with Gasteiger partial charge in [-0.1, -0.05) is 147 Å². The molecule has 10 aromatic rings. The zero-order valence-electron chi connectivity index (χ0n) is 28.2. The minimum atomic E-state index is -0.0509. The van der Waals surface area contributed by atoms with E-state index in [9.17, 15) is 0 Å². The normalized spacial score (nSPS) is 13.5. The Balaban J connectivity index is 1.28. The third-order valence-electron chi connectivity index (χ3n) is 11.0. The molecule has 3 aromatic heterocycles. The molecule has 0 aliphatic heterocycles. The van der Waals surface area contributed by atoms with Gasteiger partial charge < -0.3 is 0 Å². The first-order valence-corrected chi connectivity index (χ1v) is 18.3. The first-order valence-electron chi connectivity index (χ1n) is 17.5. The van der Waals surface area contributed by atoms with Crippen LogP contribution in [-0.4, -0.2) is 14.5 Å². The molecule has 0 fully saturated rings. The van der Waals surface area contributed by atoms with Crippen LogP contribution in [0, 0.1) is 0 Å². The molecular weight excluding hydrogens is 639 g/mol. The van der Waals surface area contributed by atoms with E-state index in [0.717, 1.165) is 43.5 Å². The monoisotopic (exact) mass is 669 g/mol. The van der Waals surface area contributed by atoms with Crippen LogP contribution in [0.1, 0.15) is 25.0 Å². The van der Waals surface area contributed by atoms with E-state index >= 15 is 0 Å². The molecule has 0 spiro atoms. The third-order valence-corrected chi connectivity index (χ3v) is 12.2. The summed E-state index contributed by atoms with van der Waals surface area (Å²) in [6.45, 7) is 4.68. The largest absolute Gasteiger partial charge is 0.277 e. The lowest BCUT2D eigenvalue weighted by Crippen LogP contribution is -2.14. The highest BCUT2D eigenvalue weighted by molar-refractivity contribution is 7.26. The Morgan fingerprint density at radius 2 is 1.27 bits per heavy atom. The number of hydrogen-bond acceptors (Lipinski definition) is 3. The summed E-state index contributed by atoms with van der Waals surface area (Å²) >= 11 is 1.77. The molecule has 4 heteroatoms. The smallest absolute Gasteiger partial charge is 0.235 e. The molecule has 51 heavy (non-hydrogen) atoms. The number of hydrogen-bond donors (Lipinski definition) is 0. The second-order valence-corrected chi connectivity index (χ2v) is 15.2. The maximum absolute atomic E-state index is 5.49. The molecule has 0 N–H and O–H groups in total. The van der Waals surface area contributed by atoms with Crippen molar-refractivity contribution in [2.75, 3.05) is 0 Å². The number of thiophene rings is 1. The van der Waals surface area contributed by atoms with Gasteiger partial charge in [-0.3, -0.25) is 4.57 Å². The topological polar surface area (TPSA) is 30.7 Å². The number of para-hydroxylation sites is 1. The maximum Gasteiger partial charge on any atom is 0.235 e. The molecule has 7 aromatic carbocycles. The van der Waals surface area contributed by atoms with Crippen molar-refractivity contribution >= 4 is 64.2 Å². The van der Waals surface area contributed by atoms with Crippen molar-refractivity contribution in [1.82, 2.24) is 14.5 Å². The molecule has 11 rings (SSSR count). The molecule has 1 aliphatic carbocycles. The van der Waals surface area contributed by atoms with Crippen molar-refractivity contribution in [3.05, 3.63) is 163 Å². The zero-order valence-corrected chi connectivity index (χ0v) is 29.0. The molecule has 0 saturated heterocycles. The number of fused-ring (bicyclic) bond motifs is 11. The lowest BCUT2D eigenvalue weighted by Gasteiger charge is -2.21. The van der Waals surface area contributed by atoms with Crippen LogP contribution < -0.4 is 0 Å². The third kappa shape index (κ3) is 3.99. The summed E-state index contributed by atoms with van der Waals surface area (Å²) in [5.41, 5.74) is 12.9. The van der Waals surface area contributed by atoms with E-state index in [1.165, 1.54) is 54.1 Å². The van der Waals surface area contributed by atoms with Crippen LogP contribution in [0.15, 0.2) is 152 Å². The van der Waals surface area contributed by atoms with E-state index in [1.54, 1.807) is 11.3 Å². The van der Waals surface area contributed by atoms with Gasteiger partial charge in [0.25, 0.3) is 0 Å². The molecule has 0 saturated carbocycles. The maximum atomic E-state index is 5.49. The second-order valence-electron chi connectivity index (χ2n) is 14.2. The van der Waals surface area contributed by atoms with Gasteiger partial charge in [0, 0.05) is 37.4 Å². The molecule has 240 valence electrons. The minimum Gasteiger partial charge on any atom is -0.277 e. The number of rotatable bonds is 3. The van der Waals surface area contributed by atoms with Crippen LogP contribution in [0.4, 0.5) is 0 Å². The summed E-state index contributed by atoms with van der Waals surface area (Å²) in [6.07, 6.45) is 0. The molecule has 0 atom stereocenters. The van der Waals surface area contributed by atoms with E-state index < -0.39 is 0 Å². The standard InChI is InChI=1S/C47H31N3S/c1-47(2)37-21-10-8-17-33(37)36-27-30(23-25-38(36)47)32-19-12-20-35-41-31-16-7-6-13-28(31)24-26-39(41)50(44(32)35)46-48-42(29-14-4-3-5-15-29)45-43(49-46)34-18-9-11-22-40(34)51-45/h3-27H,1-2H3. The van der Waals surface area contributed by atoms with Gasteiger partial charge >= 0.3 is 0 Å². The average Bonchev–Trinajstić information content (AvgIpc) is 3.80. The van der Waals surface area contributed by atoms with Crippen molar-refractivity contribution in [3.8, 4) is 39.5 Å². The van der Waals surface area contributed by atoms with Crippen LogP contribution in [0.2, 0.25) is 0 Å². The second kappa shape index (κ2) is 10.5. The predicted octanol–water partition coefficient (Wildman–Crippen LogP) is 12.7. The molecule has 0 radical (unpaired) electrons. The number of benzene rings is 7. The van der Waals surface area contributed by atoms with Crippen LogP contribution in [-0.2, 0) is 5.41 Å². The van der Waals surface area contributed by atoms with E-state index in [4.69, 9.17) is 9.97 Å². The molecular formula is C47H31N3S. The fourth-order valence-electron chi connectivity index (χ4n) is 8.64. The summed E-state index contributed by atoms with van der Waals surface area (Å²) < 4.78 is 4.65. The summed E-state index contributed by atoms with van der Waals surface area (Å²) in [6, 6.07) is 55.0. The van der Waals surface area contributed by atoms with Gasteiger partial charge in [0.15, 0.2) is 0 Å². The fraction of sp³-hybridized carbons (Fsp3) is 0.0638. The minimum absolute atomic E-state index is 0.0509. The van der Waals surface area contributed by atoms with Crippen molar-refractivity contribution in [2.45, 2.75) is 19.3 Å². The molecule has 0 bridgehead atoms. The Labute approximate surface area is 299 Å². The van der Waals surface area contributed by atoms with E-state index in [-0.39, 0.29) is 5.41 Å². The van der Waals surface area contributed by atoms with Crippen LogP contribution in [0.25, 0.3) is 92.3 Å². The highest BCUT2D eigenvalue weighted by Crippen LogP contribution is 2.50. The summed E-state index contributed by atoms with van der Waals surface area (Å²) in [4.78, 5) is 11.0. The summed E-state index contributed by atoms with van der Waals surface area (Å²) in [5, 5.41) is 6.02. The molecule has 3 nitrogen and oxygen atoms in total. The Morgan fingerprint density at radius 3 is 2.18 bits per heavy atom. The fourth-order valence-corrected chi connectivity index (χ4v) is 9.79. The lowest BCUT2D eigenvalue weighted by atomic mass is 9.82. The first-order chi connectivity index (χ1) is 25.1. The first kappa shape index (κ1) is 28.7. The van der Waals surface area contributed by atoms with E-state index in [1.807, 2.05) is 0 Å². The van der Waals surface area contributed by atoms with Crippen molar-refractivity contribution < 1.29 is 0 Å². The number of aromatic nitrogens is 3. The zero-order chi connectivity index (χ0) is 33.8. The van der Waals surface area contributed by atoms with Gasteiger partial charge in [0.05, 0.1) is 26.9 Å². The number of nitrogens with zero attached hydrogens (tertiary/aromatic N) is 3. The van der Waals surface area contributed by atoms with Crippen LogP contribution >= 0.6 is 11.3 Å². The molecule has 0 unspecified atom stereocenters. The Kier molecular flexibility index (Phi) is 5.89. The summed E-state index contributed by atoms with van der Waals surface area (Å²) in [5.74, 6) is 0.681. The van der Waals surface area contributed by atoms with Gasteiger partial charge in [-0.2, -0.15) is 0 Å². The quantitative estimate of drug-likeness (QED) is 0.187. The van der Waals surface area contributed by atoms with Gasteiger partial charge in [-0.05, 0) is 56.8 Å². The Hall–Kier alpha value is -6.10. The van der Waals surface area contributed by atoms with Crippen LogP contribution in [0.5, 0.6) is 0 Å². The SMILES string of the molecule is CC1(C)c2ccccc2-c2cc(-c3cccc4c5c6ccccc6ccc5n(-c5nc(-c6ccccc6)c6sc7ccccc7c6n5)c34)ccc21. The Morgan fingerprint density at radius 1 is 0.549 bits per heavy atom. The van der Waals surface area contributed by atoms with Gasteiger partial charge in [-0.25, -0.2) is 9.97 Å². The van der Waals surface area contributed by atoms with E-state index in [2.05, 4.69) is 170 Å². The van der Waals surface area contributed by atoms with Gasteiger partial charge in [0.2, 0.25) is 5.95 Å². The highest BCUT2D eigenvalue weighted by atomic mass is 32.1. The van der Waals surface area contributed by atoms with Gasteiger partial charge in [-0.15, -0.1) is 11.3 Å². The predicted molar refractivity (Wildman–Crippen MR) is 215 cm³/mol. The molecule has 3 heterocycles. The summed E-state index contributed by atoms with van der Waals surface area (Å²) in [7, 11) is 0. The van der Waals surface area contributed by atoms with E-state index in [0.29, 0.717) is 5.95 Å².